The first-order chi connectivity index (χ1) is 6.31. The minimum atomic E-state index is -0.166. The van der Waals surface area contributed by atoms with Gasteiger partial charge in [0, 0.05) is 5.56 Å². The lowest BCUT2D eigenvalue weighted by molar-refractivity contribution is -0.135. The lowest BCUT2D eigenvalue weighted by atomic mass is 10.1. The number of rotatable bonds is 1. The molecule has 0 amide bonds. The zero-order valence-corrected chi connectivity index (χ0v) is 7.37. The van der Waals surface area contributed by atoms with Gasteiger partial charge in [0.1, 0.15) is 11.5 Å². The Labute approximate surface area is 76.3 Å². The van der Waals surface area contributed by atoms with Crippen LogP contribution in [0.2, 0.25) is 0 Å². The summed E-state index contributed by atoms with van der Waals surface area (Å²) < 4.78 is 10.2. The number of benzene rings is 1. The second-order valence-corrected chi connectivity index (χ2v) is 2.91. The largest absolute Gasteiger partial charge is 0.496 e. The lowest BCUT2D eigenvalue weighted by Crippen LogP contribution is -2.16. The van der Waals surface area contributed by atoms with Gasteiger partial charge in [-0.15, -0.1) is 0 Å². The normalized spacial score (nSPS) is 14.7. The fourth-order valence-electron chi connectivity index (χ4n) is 1.48. The van der Waals surface area contributed by atoms with Crippen LogP contribution in [0.4, 0.5) is 0 Å². The molecule has 68 valence electrons. The molecule has 1 aliphatic rings. The molecular weight excluding hydrogens is 168 g/mol. The van der Waals surface area contributed by atoms with Crippen LogP contribution in [0, 0.1) is 0 Å². The summed E-state index contributed by atoms with van der Waals surface area (Å²) in [5.74, 6) is 1.27. The number of fused-ring (bicyclic) bond motifs is 1. The summed E-state index contributed by atoms with van der Waals surface area (Å²) in [4.78, 5) is 11.0. The Balaban J connectivity index is 2.45. The fourth-order valence-corrected chi connectivity index (χ4v) is 1.48. The van der Waals surface area contributed by atoms with E-state index in [0.717, 1.165) is 11.3 Å². The van der Waals surface area contributed by atoms with E-state index in [2.05, 4.69) is 0 Å². The van der Waals surface area contributed by atoms with Crippen molar-refractivity contribution in [2.45, 2.75) is 12.8 Å². The second kappa shape index (κ2) is 3.09. The molecule has 0 bridgehead atoms. The van der Waals surface area contributed by atoms with Crippen LogP contribution in [0.15, 0.2) is 18.2 Å². The predicted octanol–water partition coefficient (Wildman–Crippen LogP) is 1.55. The highest BCUT2D eigenvalue weighted by molar-refractivity contribution is 5.76. The van der Waals surface area contributed by atoms with Gasteiger partial charge in [0.2, 0.25) is 0 Å². The van der Waals surface area contributed by atoms with Gasteiger partial charge in [-0.25, -0.2) is 0 Å². The minimum absolute atomic E-state index is 0.166. The van der Waals surface area contributed by atoms with E-state index in [0.29, 0.717) is 18.6 Å². The quantitative estimate of drug-likeness (QED) is 0.483. The summed E-state index contributed by atoms with van der Waals surface area (Å²) in [6.07, 6.45) is 1.14. The van der Waals surface area contributed by atoms with Gasteiger partial charge in [-0.1, -0.05) is 6.07 Å². The van der Waals surface area contributed by atoms with E-state index in [4.69, 9.17) is 9.47 Å². The summed E-state index contributed by atoms with van der Waals surface area (Å²) in [7, 11) is 1.62. The molecule has 1 aromatic carbocycles. The SMILES string of the molecule is COc1cccc2c1CCC(=O)O2. The van der Waals surface area contributed by atoms with Crippen molar-refractivity contribution < 1.29 is 14.3 Å². The van der Waals surface area contributed by atoms with Crippen molar-refractivity contribution in [2.75, 3.05) is 7.11 Å². The molecule has 3 heteroatoms. The van der Waals surface area contributed by atoms with Gasteiger partial charge in [-0.3, -0.25) is 4.79 Å². The monoisotopic (exact) mass is 178 g/mol. The molecule has 0 spiro atoms. The van der Waals surface area contributed by atoms with Crippen molar-refractivity contribution in [3.63, 3.8) is 0 Å². The Morgan fingerprint density at radius 1 is 1.38 bits per heavy atom. The third-order valence-electron chi connectivity index (χ3n) is 2.11. The Hall–Kier alpha value is -1.51. The van der Waals surface area contributed by atoms with Crippen molar-refractivity contribution in [2.24, 2.45) is 0 Å². The van der Waals surface area contributed by atoms with Crippen LogP contribution in [0.5, 0.6) is 11.5 Å². The Kier molecular flexibility index (Phi) is 1.93. The summed E-state index contributed by atoms with van der Waals surface area (Å²) in [6.45, 7) is 0. The highest BCUT2D eigenvalue weighted by Crippen LogP contribution is 2.32. The smallest absolute Gasteiger partial charge is 0.311 e. The van der Waals surface area contributed by atoms with Crippen LogP contribution < -0.4 is 9.47 Å². The molecule has 0 atom stereocenters. The van der Waals surface area contributed by atoms with E-state index in [-0.39, 0.29) is 5.97 Å². The molecule has 0 radical (unpaired) electrons. The maximum absolute atomic E-state index is 11.0. The molecule has 0 unspecified atom stereocenters. The molecule has 3 nitrogen and oxygen atoms in total. The zero-order valence-electron chi connectivity index (χ0n) is 7.37. The number of esters is 1. The van der Waals surface area contributed by atoms with Crippen molar-refractivity contribution in [1.82, 2.24) is 0 Å². The van der Waals surface area contributed by atoms with Gasteiger partial charge in [0.25, 0.3) is 0 Å². The summed E-state index contributed by atoms with van der Waals surface area (Å²) in [5, 5.41) is 0. The lowest BCUT2D eigenvalue weighted by Gasteiger charge is -2.17. The minimum Gasteiger partial charge on any atom is -0.496 e. The van der Waals surface area contributed by atoms with E-state index in [9.17, 15) is 4.79 Å². The predicted molar refractivity (Wildman–Crippen MR) is 47.0 cm³/mol. The van der Waals surface area contributed by atoms with Crippen molar-refractivity contribution in [1.29, 1.82) is 0 Å². The van der Waals surface area contributed by atoms with Gasteiger partial charge in [-0.2, -0.15) is 0 Å². The first-order valence-corrected chi connectivity index (χ1v) is 4.18. The van der Waals surface area contributed by atoms with Crippen LogP contribution in [0.1, 0.15) is 12.0 Å². The number of hydrogen-bond acceptors (Lipinski definition) is 3. The number of ether oxygens (including phenoxy) is 2. The van der Waals surface area contributed by atoms with E-state index >= 15 is 0 Å². The van der Waals surface area contributed by atoms with Gasteiger partial charge in [0.05, 0.1) is 13.5 Å². The Morgan fingerprint density at radius 2 is 2.23 bits per heavy atom. The molecule has 13 heavy (non-hydrogen) atoms. The maximum Gasteiger partial charge on any atom is 0.311 e. The first kappa shape index (κ1) is 8.10. The highest BCUT2D eigenvalue weighted by atomic mass is 16.5. The van der Waals surface area contributed by atoms with Gasteiger partial charge >= 0.3 is 5.97 Å². The topological polar surface area (TPSA) is 35.5 Å². The Bertz CT molecular complexity index is 344. The van der Waals surface area contributed by atoms with Crippen LogP contribution in [0.25, 0.3) is 0 Å². The molecule has 1 heterocycles. The van der Waals surface area contributed by atoms with Gasteiger partial charge in [-0.05, 0) is 18.6 Å². The van der Waals surface area contributed by atoms with E-state index in [1.807, 2.05) is 12.1 Å². The third-order valence-corrected chi connectivity index (χ3v) is 2.11. The Morgan fingerprint density at radius 3 is 3.00 bits per heavy atom. The second-order valence-electron chi connectivity index (χ2n) is 2.91. The molecular formula is C10H10O3. The first-order valence-electron chi connectivity index (χ1n) is 4.18. The molecule has 0 N–H and O–H groups in total. The summed E-state index contributed by atoms with van der Waals surface area (Å²) in [5.41, 5.74) is 0.990. The fraction of sp³-hybridized carbons (Fsp3) is 0.300. The molecule has 0 fully saturated rings. The summed E-state index contributed by atoms with van der Waals surface area (Å²) >= 11 is 0. The molecule has 1 aromatic rings. The van der Waals surface area contributed by atoms with Gasteiger partial charge < -0.3 is 9.47 Å². The van der Waals surface area contributed by atoms with Crippen LogP contribution >= 0.6 is 0 Å². The molecule has 2 rings (SSSR count). The molecule has 1 aliphatic heterocycles. The van der Waals surface area contributed by atoms with Crippen LogP contribution in [0.3, 0.4) is 0 Å². The third kappa shape index (κ3) is 1.37. The standard InChI is InChI=1S/C10H10O3/c1-12-8-3-2-4-9-7(8)5-6-10(11)13-9/h2-4H,5-6H2,1H3. The summed E-state index contributed by atoms with van der Waals surface area (Å²) in [6, 6.07) is 5.48. The average molecular weight is 178 g/mol. The molecule has 0 aliphatic carbocycles. The van der Waals surface area contributed by atoms with Gasteiger partial charge in [0.15, 0.2) is 0 Å². The number of carbonyl (C=O) groups excluding carboxylic acids is 1. The van der Waals surface area contributed by atoms with E-state index in [1.54, 1.807) is 13.2 Å². The van der Waals surface area contributed by atoms with E-state index < -0.39 is 0 Å². The van der Waals surface area contributed by atoms with Crippen LogP contribution in [-0.2, 0) is 11.2 Å². The average Bonchev–Trinajstić information content (AvgIpc) is 2.16. The molecule has 0 saturated heterocycles. The number of hydrogen-bond donors (Lipinski definition) is 0. The number of carbonyl (C=O) groups is 1. The maximum atomic E-state index is 11.0. The van der Waals surface area contributed by atoms with Crippen molar-refractivity contribution in [3.8, 4) is 11.5 Å². The highest BCUT2D eigenvalue weighted by Gasteiger charge is 2.19. The molecule has 0 saturated carbocycles. The van der Waals surface area contributed by atoms with Crippen LogP contribution in [-0.4, -0.2) is 13.1 Å². The van der Waals surface area contributed by atoms with E-state index in [1.165, 1.54) is 0 Å². The van der Waals surface area contributed by atoms with Crippen molar-refractivity contribution in [3.05, 3.63) is 23.8 Å². The number of methoxy groups -OCH3 is 1. The van der Waals surface area contributed by atoms with Crippen molar-refractivity contribution >= 4 is 5.97 Å². The molecule has 0 aromatic heterocycles. The zero-order chi connectivity index (χ0) is 9.26.